The number of alkyl halides is 3. The molecule has 0 aliphatic heterocycles. The Morgan fingerprint density at radius 3 is 2.50 bits per heavy atom. The van der Waals surface area contributed by atoms with E-state index in [0.29, 0.717) is 24.6 Å². The number of ether oxygens (including phenoxy) is 1. The first-order valence-corrected chi connectivity index (χ1v) is 8.62. The molecule has 1 heterocycles. The molecule has 1 aromatic carbocycles. The number of para-hydroxylation sites is 1. The minimum Gasteiger partial charge on any atom is -0.463 e. The van der Waals surface area contributed by atoms with Crippen LogP contribution in [0.3, 0.4) is 0 Å². The summed E-state index contributed by atoms with van der Waals surface area (Å²) in [6.07, 6.45) is -2.30. The smallest absolute Gasteiger partial charge is 0.421 e. The third-order valence-corrected chi connectivity index (χ3v) is 3.79. The van der Waals surface area contributed by atoms with Gasteiger partial charge in [-0.1, -0.05) is 39.0 Å². The van der Waals surface area contributed by atoms with Gasteiger partial charge >= 0.3 is 12.2 Å². The lowest BCUT2D eigenvalue weighted by atomic mass is 10.0. The molecular formula is C19H24F3N3O. The molecule has 26 heavy (non-hydrogen) atoms. The topological polar surface area (TPSA) is 38.2 Å². The minimum atomic E-state index is -4.56. The van der Waals surface area contributed by atoms with E-state index in [9.17, 15) is 13.2 Å². The fourth-order valence-corrected chi connectivity index (χ4v) is 2.64. The van der Waals surface area contributed by atoms with Gasteiger partial charge in [0.15, 0.2) is 5.82 Å². The minimum absolute atomic E-state index is 0.0527. The fraction of sp³-hybridized carbons (Fsp3) is 0.474. The van der Waals surface area contributed by atoms with Gasteiger partial charge < -0.3 is 9.64 Å². The van der Waals surface area contributed by atoms with E-state index >= 15 is 0 Å². The van der Waals surface area contributed by atoms with Gasteiger partial charge in [0.1, 0.15) is 5.56 Å². The molecule has 0 N–H and O–H groups in total. The van der Waals surface area contributed by atoms with Crippen molar-refractivity contribution < 1.29 is 17.9 Å². The van der Waals surface area contributed by atoms with Gasteiger partial charge in [0.2, 0.25) is 0 Å². The molecule has 0 unspecified atom stereocenters. The zero-order chi connectivity index (χ0) is 19.3. The van der Waals surface area contributed by atoms with Crippen molar-refractivity contribution >= 4 is 11.5 Å². The van der Waals surface area contributed by atoms with E-state index in [1.807, 2.05) is 19.1 Å². The Hall–Kier alpha value is -2.31. The van der Waals surface area contributed by atoms with Crippen molar-refractivity contribution in [1.29, 1.82) is 0 Å². The third kappa shape index (κ3) is 4.86. The van der Waals surface area contributed by atoms with Gasteiger partial charge in [0, 0.05) is 18.9 Å². The highest BCUT2D eigenvalue weighted by atomic mass is 19.4. The predicted molar refractivity (Wildman–Crippen MR) is 95.9 cm³/mol. The molecule has 1 aromatic heterocycles. The Bertz CT molecular complexity index is 732. The average Bonchev–Trinajstić information content (AvgIpc) is 2.58. The maximum Gasteiger partial charge on any atom is 0.421 e. The number of hydrogen-bond acceptors (Lipinski definition) is 4. The maximum absolute atomic E-state index is 13.5. The summed E-state index contributed by atoms with van der Waals surface area (Å²) in [5.41, 5.74) is 0.766. The Morgan fingerprint density at radius 1 is 1.19 bits per heavy atom. The summed E-state index contributed by atoms with van der Waals surface area (Å²) in [7, 11) is 1.58. The Kier molecular flexibility index (Phi) is 6.45. The molecule has 2 rings (SSSR count). The van der Waals surface area contributed by atoms with Gasteiger partial charge in [0.05, 0.1) is 6.61 Å². The van der Waals surface area contributed by atoms with Crippen LogP contribution in [0.15, 0.2) is 30.5 Å². The number of benzene rings is 1. The summed E-state index contributed by atoms with van der Waals surface area (Å²) >= 11 is 0. The first kappa shape index (κ1) is 20.0. The number of nitrogens with zero attached hydrogens (tertiary/aromatic N) is 3. The standard InChI is InChI=1S/C19H24F3N3O/c1-5-10-26-18-23-12-15(19(20,21)22)17(24-18)25(4)16-9-7-6-8-14(16)11-13(2)3/h6-9,12-13H,5,10-11H2,1-4H3. The van der Waals surface area contributed by atoms with E-state index in [2.05, 4.69) is 23.8 Å². The summed E-state index contributed by atoms with van der Waals surface area (Å²) in [5, 5.41) is 0. The Morgan fingerprint density at radius 2 is 1.88 bits per heavy atom. The monoisotopic (exact) mass is 367 g/mol. The van der Waals surface area contributed by atoms with Gasteiger partial charge in [-0.25, -0.2) is 4.98 Å². The number of hydrogen-bond donors (Lipinski definition) is 0. The van der Waals surface area contributed by atoms with Crippen LogP contribution < -0.4 is 9.64 Å². The van der Waals surface area contributed by atoms with Crippen LogP contribution in [0.2, 0.25) is 0 Å². The summed E-state index contributed by atoms with van der Waals surface area (Å²) < 4.78 is 45.7. The van der Waals surface area contributed by atoms with Gasteiger partial charge in [-0.3, -0.25) is 0 Å². The molecule has 0 saturated carbocycles. The zero-order valence-corrected chi connectivity index (χ0v) is 15.5. The van der Waals surface area contributed by atoms with Crippen molar-refractivity contribution in [2.75, 3.05) is 18.6 Å². The van der Waals surface area contributed by atoms with Gasteiger partial charge in [-0.05, 0) is 30.4 Å². The first-order chi connectivity index (χ1) is 12.2. The molecular weight excluding hydrogens is 343 g/mol. The molecule has 0 radical (unpaired) electrons. The third-order valence-electron chi connectivity index (χ3n) is 3.79. The summed E-state index contributed by atoms with van der Waals surface area (Å²) in [6.45, 7) is 6.39. The lowest BCUT2D eigenvalue weighted by Crippen LogP contribution is -2.20. The number of rotatable bonds is 7. The van der Waals surface area contributed by atoms with Crippen LogP contribution in [0.5, 0.6) is 6.01 Å². The van der Waals surface area contributed by atoms with Gasteiger partial charge in [0.25, 0.3) is 0 Å². The molecule has 0 amide bonds. The molecule has 0 aliphatic rings. The highest BCUT2D eigenvalue weighted by molar-refractivity contribution is 5.66. The number of halogens is 3. The van der Waals surface area contributed by atoms with Crippen LogP contribution >= 0.6 is 0 Å². The molecule has 142 valence electrons. The molecule has 2 aromatic rings. The molecule has 7 heteroatoms. The van der Waals surface area contributed by atoms with Crippen molar-refractivity contribution in [2.45, 2.75) is 39.8 Å². The average molecular weight is 367 g/mol. The number of anilines is 2. The van der Waals surface area contributed by atoms with Crippen molar-refractivity contribution in [3.63, 3.8) is 0 Å². The van der Waals surface area contributed by atoms with Crippen LogP contribution in [0.25, 0.3) is 0 Å². The van der Waals surface area contributed by atoms with Crippen molar-refractivity contribution in [3.8, 4) is 6.01 Å². The van der Waals surface area contributed by atoms with E-state index in [1.54, 1.807) is 19.2 Å². The quantitative estimate of drug-likeness (QED) is 0.670. The maximum atomic E-state index is 13.5. The molecule has 0 atom stereocenters. The fourth-order valence-electron chi connectivity index (χ4n) is 2.64. The van der Waals surface area contributed by atoms with Crippen LogP contribution in [0.4, 0.5) is 24.7 Å². The molecule has 0 spiro atoms. The van der Waals surface area contributed by atoms with Crippen LogP contribution in [0.1, 0.15) is 38.3 Å². The Labute approximate surface area is 152 Å². The second-order valence-electron chi connectivity index (χ2n) is 6.52. The predicted octanol–water partition coefficient (Wildman–Crippen LogP) is 5.25. The van der Waals surface area contributed by atoms with Gasteiger partial charge in [-0.2, -0.15) is 18.2 Å². The van der Waals surface area contributed by atoms with E-state index in [0.717, 1.165) is 18.2 Å². The summed E-state index contributed by atoms with van der Waals surface area (Å²) in [5.74, 6) is 0.162. The first-order valence-electron chi connectivity index (χ1n) is 8.62. The van der Waals surface area contributed by atoms with Crippen molar-refractivity contribution in [1.82, 2.24) is 9.97 Å². The van der Waals surface area contributed by atoms with E-state index in [4.69, 9.17) is 4.74 Å². The highest BCUT2D eigenvalue weighted by Gasteiger charge is 2.37. The van der Waals surface area contributed by atoms with Gasteiger partial charge in [-0.15, -0.1) is 0 Å². The summed E-state index contributed by atoms with van der Waals surface area (Å²) in [6, 6.07) is 7.36. The lowest BCUT2D eigenvalue weighted by Gasteiger charge is -2.25. The van der Waals surface area contributed by atoms with Crippen LogP contribution in [-0.4, -0.2) is 23.6 Å². The van der Waals surface area contributed by atoms with Crippen LogP contribution in [-0.2, 0) is 12.6 Å². The summed E-state index contributed by atoms with van der Waals surface area (Å²) in [4.78, 5) is 9.22. The van der Waals surface area contributed by atoms with Crippen LogP contribution in [0, 0.1) is 5.92 Å². The van der Waals surface area contributed by atoms with E-state index in [-0.39, 0.29) is 11.8 Å². The SMILES string of the molecule is CCCOc1ncc(C(F)(F)F)c(N(C)c2ccccc2CC(C)C)n1. The second kappa shape index (κ2) is 8.38. The van der Waals surface area contributed by atoms with Crippen molar-refractivity contribution in [2.24, 2.45) is 5.92 Å². The van der Waals surface area contributed by atoms with E-state index < -0.39 is 11.7 Å². The largest absolute Gasteiger partial charge is 0.463 e. The Balaban J connectivity index is 2.51. The molecule has 0 fully saturated rings. The molecule has 4 nitrogen and oxygen atoms in total. The highest BCUT2D eigenvalue weighted by Crippen LogP contribution is 2.38. The zero-order valence-electron chi connectivity index (χ0n) is 15.5. The molecule has 0 saturated heterocycles. The normalized spacial score (nSPS) is 11.7. The number of aromatic nitrogens is 2. The van der Waals surface area contributed by atoms with Crippen molar-refractivity contribution in [3.05, 3.63) is 41.6 Å². The second-order valence-corrected chi connectivity index (χ2v) is 6.52. The lowest BCUT2D eigenvalue weighted by molar-refractivity contribution is -0.137. The molecule has 0 aliphatic carbocycles. The molecule has 0 bridgehead atoms. The van der Waals surface area contributed by atoms with E-state index in [1.165, 1.54) is 4.90 Å².